The first-order valence-corrected chi connectivity index (χ1v) is 7.68. The summed E-state index contributed by atoms with van der Waals surface area (Å²) in [4.78, 5) is 16.0. The number of amides is 1. The van der Waals surface area contributed by atoms with Gasteiger partial charge < -0.3 is 20.5 Å². The van der Waals surface area contributed by atoms with E-state index in [2.05, 4.69) is 10.3 Å². The number of nitrogens with two attached hydrogens (primary N) is 1. The van der Waals surface area contributed by atoms with Crippen LogP contribution in [0.25, 0.3) is 0 Å². The highest BCUT2D eigenvalue weighted by atomic mass is 32.1. The van der Waals surface area contributed by atoms with Crippen LogP contribution in [0.5, 0.6) is 11.5 Å². The normalized spacial score (nSPS) is 10.3. The van der Waals surface area contributed by atoms with Crippen LogP contribution < -0.4 is 20.5 Å². The van der Waals surface area contributed by atoms with Gasteiger partial charge in [-0.3, -0.25) is 4.79 Å². The molecule has 1 aromatic heterocycles. The number of aryl methyl sites for hydroxylation is 1. The summed E-state index contributed by atoms with van der Waals surface area (Å²) in [5.74, 6) is 1.28. The average molecular weight is 321 g/mol. The van der Waals surface area contributed by atoms with E-state index in [0.29, 0.717) is 36.0 Å². The smallest absolute Gasteiger partial charge is 0.220 e. The summed E-state index contributed by atoms with van der Waals surface area (Å²) >= 11 is 1.38. The lowest BCUT2D eigenvalue weighted by Crippen LogP contribution is -2.23. The number of methoxy groups -OCH3 is 2. The zero-order valence-corrected chi connectivity index (χ0v) is 13.4. The molecule has 0 aliphatic heterocycles. The Morgan fingerprint density at radius 2 is 2.09 bits per heavy atom. The second kappa shape index (κ2) is 7.65. The Balaban J connectivity index is 1.83. The number of nitrogen functional groups attached to an aromatic ring is 1. The lowest BCUT2D eigenvalue weighted by atomic mass is 10.2. The van der Waals surface area contributed by atoms with Crippen LogP contribution in [0.2, 0.25) is 0 Å². The van der Waals surface area contributed by atoms with Gasteiger partial charge >= 0.3 is 0 Å². The van der Waals surface area contributed by atoms with Crippen molar-refractivity contribution in [3.05, 3.63) is 34.8 Å². The minimum Gasteiger partial charge on any atom is -0.493 e. The Morgan fingerprint density at radius 1 is 1.32 bits per heavy atom. The van der Waals surface area contributed by atoms with Gasteiger partial charge in [0.1, 0.15) is 0 Å². The van der Waals surface area contributed by atoms with E-state index >= 15 is 0 Å². The summed E-state index contributed by atoms with van der Waals surface area (Å²) in [6.45, 7) is 0.443. The molecular weight excluding hydrogens is 302 g/mol. The fraction of sp³-hybridized carbons (Fsp3) is 0.333. The molecule has 0 radical (unpaired) electrons. The number of hydrogen-bond acceptors (Lipinski definition) is 6. The predicted octanol–water partition coefficient (Wildman–Crippen LogP) is 1.99. The maximum absolute atomic E-state index is 11.9. The summed E-state index contributed by atoms with van der Waals surface area (Å²) in [6, 6.07) is 5.56. The molecule has 0 unspecified atom stereocenters. The van der Waals surface area contributed by atoms with E-state index in [0.717, 1.165) is 11.3 Å². The van der Waals surface area contributed by atoms with E-state index in [1.54, 1.807) is 14.2 Å². The Hall–Kier alpha value is -2.28. The molecule has 3 N–H and O–H groups in total. The summed E-state index contributed by atoms with van der Waals surface area (Å²) in [5.41, 5.74) is 7.35. The molecule has 0 saturated carbocycles. The molecule has 0 aliphatic carbocycles. The minimum absolute atomic E-state index is 0.0265. The van der Waals surface area contributed by atoms with Crippen molar-refractivity contribution in [3.8, 4) is 11.5 Å². The first kappa shape index (κ1) is 16.1. The van der Waals surface area contributed by atoms with Gasteiger partial charge in [0.05, 0.1) is 19.9 Å². The molecule has 6 nitrogen and oxygen atoms in total. The fourth-order valence-electron chi connectivity index (χ4n) is 1.96. The van der Waals surface area contributed by atoms with Gasteiger partial charge in [0.2, 0.25) is 5.91 Å². The predicted molar refractivity (Wildman–Crippen MR) is 86.2 cm³/mol. The van der Waals surface area contributed by atoms with Crippen LogP contribution in [0.4, 0.5) is 5.13 Å². The first-order valence-electron chi connectivity index (χ1n) is 6.80. The Bertz CT molecular complexity index is 643. The van der Waals surface area contributed by atoms with Crippen molar-refractivity contribution < 1.29 is 14.3 Å². The number of carbonyl (C=O) groups is 1. The zero-order chi connectivity index (χ0) is 15.9. The van der Waals surface area contributed by atoms with Gasteiger partial charge in [0, 0.05) is 18.3 Å². The van der Waals surface area contributed by atoms with Gasteiger partial charge in [-0.05, 0) is 24.1 Å². The molecule has 0 fully saturated rings. The van der Waals surface area contributed by atoms with E-state index < -0.39 is 0 Å². The molecule has 2 aromatic rings. The Labute approximate surface area is 133 Å². The van der Waals surface area contributed by atoms with Gasteiger partial charge in [0.15, 0.2) is 16.6 Å². The van der Waals surface area contributed by atoms with Gasteiger partial charge in [-0.1, -0.05) is 6.07 Å². The molecule has 0 aliphatic rings. The molecule has 7 heteroatoms. The second-order valence-electron chi connectivity index (χ2n) is 4.64. The highest BCUT2D eigenvalue weighted by molar-refractivity contribution is 7.13. The van der Waals surface area contributed by atoms with Crippen molar-refractivity contribution in [2.24, 2.45) is 0 Å². The second-order valence-corrected chi connectivity index (χ2v) is 5.53. The number of anilines is 1. The fourth-order valence-corrected chi connectivity index (χ4v) is 2.56. The van der Waals surface area contributed by atoms with E-state index in [1.165, 1.54) is 11.3 Å². The third-order valence-corrected chi connectivity index (χ3v) is 3.84. The van der Waals surface area contributed by atoms with E-state index in [-0.39, 0.29) is 5.91 Å². The first-order chi connectivity index (χ1) is 10.6. The number of nitrogens with one attached hydrogen (secondary N) is 1. The number of benzene rings is 1. The molecular formula is C15H19N3O3S. The van der Waals surface area contributed by atoms with Gasteiger partial charge in [0.25, 0.3) is 0 Å². The zero-order valence-electron chi connectivity index (χ0n) is 12.6. The quantitative estimate of drug-likeness (QED) is 0.814. The molecule has 0 spiro atoms. The van der Waals surface area contributed by atoms with Crippen LogP contribution in [-0.2, 0) is 17.8 Å². The number of nitrogens with zero attached hydrogens (tertiary/aromatic N) is 1. The van der Waals surface area contributed by atoms with Crippen LogP contribution in [-0.4, -0.2) is 25.1 Å². The van der Waals surface area contributed by atoms with Crippen LogP contribution in [0.1, 0.15) is 17.7 Å². The maximum Gasteiger partial charge on any atom is 0.220 e. The molecule has 0 saturated heterocycles. The Kier molecular flexibility index (Phi) is 5.60. The molecule has 1 heterocycles. The molecule has 1 aromatic carbocycles. The lowest BCUT2D eigenvalue weighted by Gasteiger charge is -2.10. The van der Waals surface area contributed by atoms with Crippen LogP contribution in [0.3, 0.4) is 0 Å². The Morgan fingerprint density at radius 3 is 2.73 bits per heavy atom. The van der Waals surface area contributed by atoms with Crippen molar-refractivity contribution in [1.29, 1.82) is 0 Å². The topological polar surface area (TPSA) is 86.5 Å². The van der Waals surface area contributed by atoms with Crippen LogP contribution in [0, 0.1) is 0 Å². The molecule has 118 valence electrons. The van der Waals surface area contributed by atoms with Gasteiger partial charge in [-0.2, -0.15) is 0 Å². The van der Waals surface area contributed by atoms with Crippen LogP contribution >= 0.6 is 11.3 Å². The largest absolute Gasteiger partial charge is 0.493 e. The van der Waals surface area contributed by atoms with Crippen molar-refractivity contribution >= 4 is 22.4 Å². The van der Waals surface area contributed by atoms with Gasteiger partial charge in [-0.15, -0.1) is 11.3 Å². The average Bonchev–Trinajstić information content (AvgIpc) is 2.96. The summed E-state index contributed by atoms with van der Waals surface area (Å²) in [7, 11) is 3.17. The van der Waals surface area contributed by atoms with Crippen LogP contribution in [0.15, 0.2) is 23.6 Å². The van der Waals surface area contributed by atoms with Crippen molar-refractivity contribution in [2.45, 2.75) is 19.4 Å². The third-order valence-electron chi connectivity index (χ3n) is 3.12. The highest BCUT2D eigenvalue weighted by Crippen LogP contribution is 2.27. The van der Waals surface area contributed by atoms with Gasteiger partial charge in [-0.25, -0.2) is 4.98 Å². The molecule has 0 bridgehead atoms. The summed E-state index contributed by atoms with van der Waals surface area (Å²) < 4.78 is 10.4. The molecule has 0 atom stereocenters. The minimum atomic E-state index is -0.0265. The lowest BCUT2D eigenvalue weighted by molar-refractivity contribution is -0.121. The van der Waals surface area contributed by atoms with Crippen molar-refractivity contribution in [3.63, 3.8) is 0 Å². The van der Waals surface area contributed by atoms with E-state index in [1.807, 2.05) is 23.6 Å². The highest BCUT2D eigenvalue weighted by Gasteiger charge is 2.07. The molecule has 1 amide bonds. The summed E-state index contributed by atoms with van der Waals surface area (Å²) in [5, 5.41) is 5.27. The molecule has 22 heavy (non-hydrogen) atoms. The summed E-state index contributed by atoms with van der Waals surface area (Å²) in [6.07, 6.45) is 0.974. The third kappa shape index (κ3) is 4.36. The molecule has 2 rings (SSSR count). The SMILES string of the molecule is COc1ccc(CNC(=O)CCc2csc(N)n2)cc1OC. The number of thiazole rings is 1. The number of rotatable bonds is 7. The number of ether oxygens (including phenoxy) is 2. The van der Waals surface area contributed by atoms with Crippen molar-refractivity contribution in [1.82, 2.24) is 10.3 Å². The van der Waals surface area contributed by atoms with Crippen molar-refractivity contribution in [2.75, 3.05) is 20.0 Å². The standard InChI is InChI=1S/C15H19N3O3S/c1-20-12-5-3-10(7-13(12)21-2)8-17-14(19)6-4-11-9-22-15(16)18-11/h3,5,7,9H,4,6,8H2,1-2H3,(H2,16,18)(H,17,19). The van der Waals surface area contributed by atoms with E-state index in [9.17, 15) is 4.79 Å². The monoisotopic (exact) mass is 321 g/mol. The number of aromatic nitrogens is 1. The number of carbonyl (C=O) groups excluding carboxylic acids is 1. The maximum atomic E-state index is 11.9. The van der Waals surface area contributed by atoms with E-state index in [4.69, 9.17) is 15.2 Å². The number of hydrogen-bond donors (Lipinski definition) is 2.